The van der Waals surface area contributed by atoms with E-state index in [4.69, 9.17) is 0 Å². The second-order valence-electron chi connectivity index (χ2n) is 9.14. The van der Waals surface area contributed by atoms with Crippen LogP contribution in [-0.4, -0.2) is 67.6 Å². The lowest BCUT2D eigenvalue weighted by Gasteiger charge is -2.37. The normalized spacial score (nSPS) is 17.2. The van der Waals surface area contributed by atoms with Gasteiger partial charge in [0.05, 0.1) is 17.5 Å². The molecular formula is C24H34N4O5S3. The molecule has 3 rings (SSSR count). The second-order valence-corrected chi connectivity index (χ2v) is 13.3. The van der Waals surface area contributed by atoms with Crippen LogP contribution in [0.5, 0.6) is 0 Å². The van der Waals surface area contributed by atoms with Gasteiger partial charge >= 0.3 is 0 Å². The van der Waals surface area contributed by atoms with Crippen molar-refractivity contribution in [3.05, 3.63) is 22.4 Å². The molecular weight excluding hydrogens is 520 g/mol. The van der Waals surface area contributed by atoms with Crippen molar-refractivity contribution in [2.24, 2.45) is 4.99 Å². The first-order chi connectivity index (χ1) is 17.0. The molecule has 0 spiro atoms. The van der Waals surface area contributed by atoms with Crippen LogP contribution < -0.4 is 10.6 Å². The fraction of sp³-hybridized carbons (Fsp3) is 0.583. The van der Waals surface area contributed by atoms with Gasteiger partial charge in [0.25, 0.3) is 15.9 Å². The van der Waals surface area contributed by atoms with Crippen LogP contribution in [0.1, 0.15) is 68.5 Å². The van der Waals surface area contributed by atoms with Crippen LogP contribution in [0.3, 0.4) is 0 Å². The smallest absolute Gasteiger partial charge is 0.262 e. The van der Waals surface area contributed by atoms with Gasteiger partial charge in [-0.1, -0.05) is 32.6 Å². The number of rotatable bonds is 10. The van der Waals surface area contributed by atoms with Gasteiger partial charge in [-0.25, -0.2) is 8.42 Å². The average Bonchev–Trinajstić information content (AvgIpc) is 3.46. The second kappa shape index (κ2) is 11.9. The molecule has 36 heavy (non-hydrogen) atoms. The van der Waals surface area contributed by atoms with E-state index >= 15 is 0 Å². The summed E-state index contributed by atoms with van der Waals surface area (Å²) < 4.78 is 28.0. The maximum Gasteiger partial charge on any atom is 0.262 e. The van der Waals surface area contributed by atoms with E-state index in [1.165, 1.54) is 32.4 Å². The molecule has 12 heteroatoms. The van der Waals surface area contributed by atoms with Gasteiger partial charge in [-0.3, -0.25) is 19.4 Å². The van der Waals surface area contributed by atoms with Crippen LogP contribution in [0.25, 0.3) is 9.40 Å². The minimum Gasteiger partial charge on any atom is -0.344 e. The zero-order valence-electron chi connectivity index (χ0n) is 21.1. The summed E-state index contributed by atoms with van der Waals surface area (Å²) in [6.45, 7) is 2.88. The van der Waals surface area contributed by atoms with Crippen molar-refractivity contribution in [1.29, 1.82) is 0 Å². The lowest BCUT2D eigenvalue weighted by molar-refractivity contribution is -0.133. The Morgan fingerprint density at radius 2 is 1.89 bits per heavy atom. The standard InChI is InChI=1S/C24H34N4O5S3/c1-5-9-17(18(29)15-28(4)36(32,33)16(2)25-3)26-23(31)24(11-7-6-8-12-24)27-22(30)21-14-20-19(35-21)10-13-34-20/h10,13-14,17H,5-9,11-12,15H2,1-4H3,(H,26,31)(H,27,30)/t17-/m0/s1. The molecule has 0 aromatic carbocycles. The van der Waals surface area contributed by atoms with Crippen molar-refractivity contribution in [3.8, 4) is 0 Å². The number of fused-ring (bicyclic) bond motifs is 1. The third-order valence-corrected chi connectivity index (χ3v) is 10.6. The predicted octanol–water partition coefficient (Wildman–Crippen LogP) is 3.56. The number of nitrogens with zero attached hydrogens (tertiary/aromatic N) is 2. The number of ketones is 1. The molecule has 0 aliphatic heterocycles. The highest BCUT2D eigenvalue weighted by atomic mass is 32.2. The van der Waals surface area contributed by atoms with Gasteiger partial charge in [-0.05, 0) is 43.7 Å². The highest BCUT2D eigenvalue weighted by Crippen LogP contribution is 2.33. The molecule has 1 saturated carbocycles. The van der Waals surface area contributed by atoms with E-state index in [1.54, 1.807) is 11.3 Å². The third-order valence-electron chi connectivity index (χ3n) is 6.61. The van der Waals surface area contributed by atoms with Crippen molar-refractivity contribution in [1.82, 2.24) is 14.9 Å². The van der Waals surface area contributed by atoms with Crippen molar-refractivity contribution in [3.63, 3.8) is 0 Å². The fourth-order valence-electron chi connectivity index (χ4n) is 4.38. The Kier molecular flexibility index (Phi) is 9.42. The van der Waals surface area contributed by atoms with Crippen molar-refractivity contribution < 1.29 is 22.8 Å². The Balaban J connectivity index is 1.76. The summed E-state index contributed by atoms with van der Waals surface area (Å²) in [5.74, 6) is -1.09. The van der Waals surface area contributed by atoms with E-state index in [1.807, 2.05) is 24.4 Å². The number of hydrogen-bond donors (Lipinski definition) is 2. The minimum atomic E-state index is -3.85. The van der Waals surface area contributed by atoms with Crippen LogP contribution in [0.15, 0.2) is 22.5 Å². The van der Waals surface area contributed by atoms with Gasteiger partial charge < -0.3 is 10.6 Å². The molecule has 1 aliphatic carbocycles. The van der Waals surface area contributed by atoms with Crippen LogP contribution in [-0.2, 0) is 19.6 Å². The number of likely N-dealkylation sites (N-methyl/N-ethyl adjacent to an activating group) is 1. The zero-order valence-corrected chi connectivity index (χ0v) is 23.6. The predicted molar refractivity (Wildman–Crippen MR) is 145 cm³/mol. The molecule has 1 fully saturated rings. The summed E-state index contributed by atoms with van der Waals surface area (Å²) in [6, 6.07) is 2.95. The number of amides is 2. The van der Waals surface area contributed by atoms with Gasteiger partial charge in [-0.15, -0.1) is 22.7 Å². The number of thiophene rings is 2. The van der Waals surface area contributed by atoms with Crippen molar-refractivity contribution in [2.45, 2.75) is 70.4 Å². The third kappa shape index (κ3) is 6.21. The molecule has 1 aliphatic rings. The maximum atomic E-state index is 13.6. The van der Waals surface area contributed by atoms with E-state index in [0.29, 0.717) is 30.6 Å². The molecule has 1 atom stereocenters. The molecule has 9 nitrogen and oxygen atoms in total. The van der Waals surface area contributed by atoms with E-state index in [0.717, 1.165) is 33.0 Å². The summed E-state index contributed by atoms with van der Waals surface area (Å²) >= 11 is 2.95. The van der Waals surface area contributed by atoms with E-state index in [2.05, 4.69) is 15.6 Å². The number of hydrogen-bond acceptors (Lipinski definition) is 8. The van der Waals surface area contributed by atoms with Crippen LogP contribution in [0, 0.1) is 0 Å². The number of nitrogens with one attached hydrogen (secondary N) is 2. The van der Waals surface area contributed by atoms with Crippen molar-refractivity contribution in [2.75, 3.05) is 20.6 Å². The van der Waals surface area contributed by atoms with Crippen LogP contribution in [0.2, 0.25) is 0 Å². The summed E-state index contributed by atoms with van der Waals surface area (Å²) in [6.07, 6.45) is 4.50. The molecule has 2 N–H and O–H groups in total. The highest BCUT2D eigenvalue weighted by Gasteiger charge is 2.42. The summed E-state index contributed by atoms with van der Waals surface area (Å²) in [7, 11) is -1.16. The molecule has 0 bridgehead atoms. The first-order valence-corrected chi connectivity index (χ1v) is 15.2. The largest absolute Gasteiger partial charge is 0.344 e. The maximum absolute atomic E-state index is 13.6. The molecule has 0 radical (unpaired) electrons. The first kappa shape index (κ1) is 28.4. The molecule has 0 unspecified atom stereocenters. The number of aliphatic imine (C=N–C) groups is 1. The van der Waals surface area contributed by atoms with Gasteiger partial charge in [0, 0.05) is 23.5 Å². The molecule has 0 saturated heterocycles. The van der Waals surface area contributed by atoms with Gasteiger partial charge in [0.1, 0.15) is 10.6 Å². The average molecular weight is 555 g/mol. The Morgan fingerprint density at radius 3 is 2.50 bits per heavy atom. The lowest BCUT2D eigenvalue weighted by Crippen LogP contribution is -2.62. The molecule has 2 aromatic rings. The Morgan fingerprint density at radius 1 is 1.19 bits per heavy atom. The van der Waals surface area contributed by atoms with Crippen LogP contribution >= 0.6 is 22.7 Å². The monoisotopic (exact) mass is 554 g/mol. The lowest BCUT2D eigenvalue weighted by atomic mass is 9.80. The number of Topliss-reactive ketones (excluding diaryl/α,β-unsaturated/α-hetero) is 1. The van der Waals surface area contributed by atoms with E-state index in [-0.39, 0.29) is 17.5 Å². The topological polar surface area (TPSA) is 125 Å². The highest BCUT2D eigenvalue weighted by molar-refractivity contribution is 8.04. The summed E-state index contributed by atoms with van der Waals surface area (Å²) in [4.78, 5) is 44.1. The fourth-order valence-corrected chi connectivity index (χ4v) is 7.36. The quantitative estimate of drug-likeness (QED) is 0.343. The SMILES string of the molecule is CCC[C@H](NC(=O)C1(NC(=O)c2cc3sccc3s2)CCCCC1)C(=O)CN(C)S(=O)(=O)C(C)=NC. The molecule has 2 amide bonds. The molecule has 198 valence electrons. The van der Waals surface area contributed by atoms with E-state index < -0.39 is 33.3 Å². The number of carbonyl (C=O) groups is 3. The Hall–Kier alpha value is -2.15. The minimum absolute atomic E-state index is 0.0915. The number of carbonyl (C=O) groups excluding carboxylic acids is 3. The Bertz CT molecular complexity index is 1210. The van der Waals surface area contributed by atoms with E-state index in [9.17, 15) is 22.8 Å². The van der Waals surface area contributed by atoms with Crippen LogP contribution in [0.4, 0.5) is 0 Å². The van der Waals surface area contributed by atoms with Gasteiger partial charge in [-0.2, -0.15) is 4.31 Å². The summed E-state index contributed by atoms with van der Waals surface area (Å²) in [5, 5.41) is 7.74. The number of sulfonamides is 1. The first-order valence-electron chi connectivity index (χ1n) is 12.1. The zero-order chi connectivity index (χ0) is 26.5. The van der Waals surface area contributed by atoms with Crippen molar-refractivity contribution >= 4 is 64.7 Å². The molecule has 2 heterocycles. The van der Waals surface area contributed by atoms with Gasteiger partial charge in [0.15, 0.2) is 5.78 Å². The summed E-state index contributed by atoms with van der Waals surface area (Å²) in [5.41, 5.74) is -1.11. The Labute approximate surface area is 220 Å². The molecule has 2 aromatic heterocycles. The van der Waals surface area contributed by atoms with Gasteiger partial charge in [0.2, 0.25) is 5.91 Å².